The largest absolute Gasteiger partial charge is 0.478 e. The van der Waals surface area contributed by atoms with Gasteiger partial charge in [0, 0.05) is 6.20 Å². The van der Waals surface area contributed by atoms with Gasteiger partial charge in [0.15, 0.2) is 11.5 Å². The number of carboxylic acids is 1. The van der Waals surface area contributed by atoms with Crippen LogP contribution in [0, 0.1) is 6.92 Å². The fourth-order valence-electron chi connectivity index (χ4n) is 1.73. The fourth-order valence-corrected chi connectivity index (χ4v) is 2.47. The van der Waals surface area contributed by atoms with Gasteiger partial charge in [-0.2, -0.15) is 0 Å². The van der Waals surface area contributed by atoms with Crippen molar-refractivity contribution in [2.24, 2.45) is 0 Å². The molecule has 0 atom stereocenters. The van der Waals surface area contributed by atoms with E-state index in [1.54, 1.807) is 5.51 Å². The van der Waals surface area contributed by atoms with E-state index < -0.39 is 5.97 Å². The summed E-state index contributed by atoms with van der Waals surface area (Å²) >= 11 is 1.45. The Morgan fingerprint density at radius 1 is 1.44 bits per heavy atom. The predicted molar refractivity (Wildman–Crippen MR) is 66.7 cm³/mol. The van der Waals surface area contributed by atoms with Gasteiger partial charge in [0.1, 0.15) is 0 Å². The van der Waals surface area contributed by atoms with Crippen molar-refractivity contribution >= 4 is 28.5 Å². The molecule has 3 aromatic heterocycles. The molecule has 0 fully saturated rings. The highest BCUT2D eigenvalue weighted by molar-refractivity contribution is 7.13. The minimum absolute atomic E-state index is 0.168. The minimum Gasteiger partial charge on any atom is -0.478 e. The lowest BCUT2D eigenvalue weighted by Crippen LogP contribution is -1.97. The summed E-state index contributed by atoms with van der Waals surface area (Å²) in [7, 11) is 0. The average molecular weight is 260 g/mol. The molecule has 0 saturated heterocycles. The molecule has 3 rings (SSSR count). The summed E-state index contributed by atoms with van der Waals surface area (Å²) in [6, 6.07) is 1.45. The van der Waals surface area contributed by atoms with Crippen LogP contribution in [0.1, 0.15) is 16.1 Å². The van der Waals surface area contributed by atoms with Crippen LogP contribution >= 0.6 is 11.3 Å². The van der Waals surface area contributed by atoms with E-state index in [4.69, 9.17) is 5.11 Å². The Morgan fingerprint density at radius 3 is 2.94 bits per heavy atom. The standard InChI is InChI=1S/C11H8N4O2S/c1-5-8(18-4-13-5)10-14-7-6(11(16)17)2-3-12-9(7)15-10/h2-4H,1H3,(H,16,17)(H,12,14,15). The van der Waals surface area contributed by atoms with Crippen molar-refractivity contribution < 1.29 is 9.90 Å². The van der Waals surface area contributed by atoms with Crippen LogP contribution in [0.5, 0.6) is 0 Å². The number of carbonyl (C=O) groups is 1. The van der Waals surface area contributed by atoms with E-state index in [9.17, 15) is 4.79 Å². The van der Waals surface area contributed by atoms with Crippen molar-refractivity contribution in [3.8, 4) is 10.7 Å². The Balaban J connectivity index is 2.26. The van der Waals surface area contributed by atoms with Crippen LogP contribution in [0.3, 0.4) is 0 Å². The van der Waals surface area contributed by atoms with Crippen molar-refractivity contribution in [3.05, 3.63) is 29.0 Å². The molecule has 3 aromatic rings. The third-order valence-corrected chi connectivity index (χ3v) is 3.52. The van der Waals surface area contributed by atoms with Gasteiger partial charge in [-0.05, 0) is 13.0 Å². The molecule has 18 heavy (non-hydrogen) atoms. The van der Waals surface area contributed by atoms with E-state index in [-0.39, 0.29) is 5.56 Å². The first-order chi connectivity index (χ1) is 8.66. The molecule has 0 radical (unpaired) electrons. The molecule has 0 unspecified atom stereocenters. The number of aromatic amines is 1. The van der Waals surface area contributed by atoms with E-state index >= 15 is 0 Å². The second-order valence-corrected chi connectivity index (χ2v) is 4.57. The number of hydrogen-bond donors (Lipinski definition) is 2. The number of aromatic carboxylic acids is 1. The van der Waals surface area contributed by atoms with Crippen molar-refractivity contribution in [2.45, 2.75) is 6.92 Å². The number of nitrogens with zero attached hydrogens (tertiary/aromatic N) is 3. The zero-order valence-corrected chi connectivity index (χ0v) is 10.2. The summed E-state index contributed by atoms with van der Waals surface area (Å²) in [6.45, 7) is 1.88. The lowest BCUT2D eigenvalue weighted by Gasteiger charge is -1.94. The molecule has 0 aliphatic carbocycles. The van der Waals surface area contributed by atoms with Crippen LogP contribution in [0.4, 0.5) is 0 Å². The van der Waals surface area contributed by atoms with Crippen molar-refractivity contribution in [1.29, 1.82) is 0 Å². The molecule has 3 heterocycles. The molecule has 0 amide bonds. The van der Waals surface area contributed by atoms with Gasteiger partial charge in [-0.25, -0.2) is 19.7 Å². The molecule has 0 aliphatic heterocycles. The van der Waals surface area contributed by atoms with Crippen LogP contribution in [0.15, 0.2) is 17.8 Å². The Labute approximate surface area is 105 Å². The van der Waals surface area contributed by atoms with Gasteiger partial charge in [0.05, 0.1) is 27.2 Å². The molecule has 6 nitrogen and oxygen atoms in total. The van der Waals surface area contributed by atoms with Gasteiger partial charge in [-0.15, -0.1) is 11.3 Å². The molecule has 0 saturated carbocycles. The van der Waals surface area contributed by atoms with Crippen LogP contribution < -0.4 is 0 Å². The first-order valence-corrected chi connectivity index (χ1v) is 6.03. The minimum atomic E-state index is -1.00. The molecular weight excluding hydrogens is 252 g/mol. The van der Waals surface area contributed by atoms with Crippen LogP contribution in [-0.4, -0.2) is 31.0 Å². The van der Waals surface area contributed by atoms with Gasteiger partial charge in [0.25, 0.3) is 0 Å². The number of imidazole rings is 1. The molecule has 90 valence electrons. The number of fused-ring (bicyclic) bond motifs is 1. The Kier molecular flexibility index (Phi) is 2.34. The maximum atomic E-state index is 11.1. The molecule has 7 heteroatoms. The van der Waals surface area contributed by atoms with Crippen LogP contribution in [0.2, 0.25) is 0 Å². The summed E-state index contributed by atoms with van der Waals surface area (Å²) in [4.78, 5) is 27.5. The number of pyridine rings is 1. The number of aromatic nitrogens is 4. The van der Waals surface area contributed by atoms with Gasteiger partial charge in [-0.1, -0.05) is 0 Å². The quantitative estimate of drug-likeness (QED) is 0.736. The second kappa shape index (κ2) is 3.88. The van der Waals surface area contributed by atoms with E-state index in [1.165, 1.54) is 23.6 Å². The summed E-state index contributed by atoms with van der Waals surface area (Å²) in [5, 5.41) is 9.09. The zero-order chi connectivity index (χ0) is 12.7. The monoisotopic (exact) mass is 260 g/mol. The number of carboxylic acid groups (broad SMARTS) is 1. The van der Waals surface area contributed by atoms with Crippen LogP contribution in [-0.2, 0) is 0 Å². The third kappa shape index (κ3) is 1.56. The normalized spacial score (nSPS) is 10.9. The average Bonchev–Trinajstić information content (AvgIpc) is 2.92. The molecule has 0 aliphatic rings. The van der Waals surface area contributed by atoms with Gasteiger partial charge >= 0.3 is 5.97 Å². The van der Waals surface area contributed by atoms with Crippen molar-refractivity contribution in [3.63, 3.8) is 0 Å². The van der Waals surface area contributed by atoms with Crippen molar-refractivity contribution in [1.82, 2.24) is 19.9 Å². The summed E-state index contributed by atoms with van der Waals surface area (Å²) in [6.07, 6.45) is 1.44. The van der Waals surface area contributed by atoms with Crippen LogP contribution in [0.25, 0.3) is 21.9 Å². The highest BCUT2D eigenvalue weighted by Gasteiger charge is 2.15. The SMILES string of the molecule is Cc1ncsc1-c1nc2nccc(C(=O)O)c2[nH]1. The molecule has 0 spiro atoms. The Hall–Kier alpha value is -2.28. The topological polar surface area (TPSA) is 91.8 Å². The van der Waals surface area contributed by atoms with E-state index in [2.05, 4.69) is 19.9 Å². The lowest BCUT2D eigenvalue weighted by molar-refractivity contribution is 0.0699. The zero-order valence-electron chi connectivity index (χ0n) is 9.34. The number of thiazole rings is 1. The smallest absolute Gasteiger partial charge is 0.338 e. The predicted octanol–water partition coefficient (Wildman–Crippen LogP) is 2.09. The Bertz CT molecular complexity index is 746. The number of hydrogen-bond acceptors (Lipinski definition) is 5. The number of aryl methyl sites for hydroxylation is 1. The Morgan fingerprint density at radius 2 is 2.28 bits per heavy atom. The highest BCUT2D eigenvalue weighted by Crippen LogP contribution is 2.27. The van der Waals surface area contributed by atoms with Crippen molar-refractivity contribution in [2.75, 3.05) is 0 Å². The van der Waals surface area contributed by atoms with Gasteiger partial charge in [-0.3, -0.25) is 0 Å². The summed E-state index contributed by atoms with van der Waals surface area (Å²) in [5.41, 5.74) is 3.59. The first kappa shape index (κ1) is 10.8. The number of nitrogens with one attached hydrogen (secondary N) is 1. The number of rotatable bonds is 2. The molecule has 0 aromatic carbocycles. The highest BCUT2D eigenvalue weighted by atomic mass is 32.1. The molecule has 2 N–H and O–H groups in total. The van der Waals surface area contributed by atoms with E-state index in [1.807, 2.05) is 6.92 Å². The lowest BCUT2D eigenvalue weighted by atomic mass is 10.2. The number of H-pyrrole nitrogens is 1. The first-order valence-electron chi connectivity index (χ1n) is 5.15. The molecule has 0 bridgehead atoms. The maximum Gasteiger partial charge on any atom is 0.338 e. The van der Waals surface area contributed by atoms with E-state index in [0.717, 1.165) is 10.6 Å². The third-order valence-electron chi connectivity index (χ3n) is 2.58. The maximum absolute atomic E-state index is 11.1. The summed E-state index contributed by atoms with van der Waals surface area (Å²) in [5.74, 6) is -0.398. The van der Waals surface area contributed by atoms with Gasteiger partial charge < -0.3 is 10.1 Å². The van der Waals surface area contributed by atoms with E-state index in [0.29, 0.717) is 17.0 Å². The van der Waals surface area contributed by atoms with Gasteiger partial charge in [0.2, 0.25) is 0 Å². The fraction of sp³-hybridized carbons (Fsp3) is 0.0909. The summed E-state index contributed by atoms with van der Waals surface area (Å²) < 4.78 is 0. The second-order valence-electron chi connectivity index (χ2n) is 3.71. The molecular formula is C11H8N4O2S.